The fourth-order valence-corrected chi connectivity index (χ4v) is 3.27. The lowest BCUT2D eigenvalue weighted by atomic mass is 10.2. The van der Waals surface area contributed by atoms with Gasteiger partial charge in [-0.05, 0) is 35.9 Å². The molecule has 2 aromatic rings. The summed E-state index contributed by atoms with van der Waals surface area (Å²) < 4.78 is 13.7. The quantitative estimate of drug-likeness (QED) is 0.679. The number of rotatable bonds is 4. The number of benzene rings is 1. The Morgan fingerprint density at radius 2 is 2.17 bits per heavy atom. The molecule has 1 fully saturated rings. The molecule has 4 nitrogen and oxygen atoms in total. The van der Waals surface area contributed by atoms with E-state index in [1.165, 1.54) is 28.8 Å². The van der Waals surface area contributed by atoms with Gasteiger partial charge in [0.25, 0.3) is 5.91 Å². The number of carbonyl (C=O) groups is 1. The number of pyridine rings is 1. The summed E-state index contributed by atoms with van der Waals surface area (Å²) in [5, 5.41) is 3.05. The van der Waals surface area contributed by atoms with E-state index in [-0.39, 0.29) is 18.4 Å². The fourth-order valence-electron chi connectivity index (χ4n) is 2.01. The first kappa shape index (κ1) is 15.6. The highest BCUT2D eigenvalue weighted by atomic mass is 32.2. The van der Waals surface area contributed by atoms with Crippen LogP contribution in [-0.2, 0) is 4.79 Å². The molecule has 23 heavy (non-hydrogen) atoms. The second-order valence-corrected chi connectivity index (χ2v) is 6.39. The van der Waals surface area contributed by atoms with Gasteiger partial charge in [0, 0.05) is 6.20 Å². The van der Waals surface area contributed by atoms with E-state index in [9.17, 15) is 9.18 Å². The van der Waals surface area contributed by atoms with E-state index < -0.39 is 0 Å². The molecule has 1 N–H and O–H groups in total. The van der Waals surface area contributed by atoms with Gasteiger partial charge >= 0.3 is 0 Å². The number of carbonyl (C=O) groups excluding carboxylic acids is 1. The van der Waals surface area contributed by atoms with Gasteiger partial charge in [0.05, 0.1) is 11.6 Å². The molecule has 1 aliphatic heterocycles. The zero-order valence-corrected chi connectivity index (χ0v) is 13.5. The van der Waals surface area contributed by atoms with E-state index >= 15 is 0 Å². The van der Waals surface area contributed by atoms with E-state index in [1.807, 2.05) is 12.1 Å². The molecule has 7 heteroatoms. The molecule has 0 aliphatic carbocycles. The average molecular weight is 345 g/mol. The fraction of sp³-hybridized carbons (Fsp3) is 0.0625. The molecule has 0 radical (unpaired) electrons. The van der Waals surface area contributed by atoms with Crippen LogP contribution in [0.2, 0.25) is 0 Å². The Hall–Kier alpha value is -2.25. The van der Waals surface area contributed by atoms with Crippen molar-refractivity contribution in [3.05, 3.63) is 64.9 Å². The topological polar surface area (TPSA) is 45.2 Å². The third kappa shape index (κ3) is 3.75. The minimum atomic E-state index is -0.342. The molecule has 1 aromatic carbocycles. The van der Waals surface area contributed by atoms with Gasteiger partial charge in [0.1, 0.15) is 16.0 Å². The summed E-state index contributed by atoms with van der Waals surface area (Å²) in [7, 11) is 0. The Bertz CT molecular complexity index is 780. The predicted octanol–water partition coefficient (Wildman–Crippen LogP) is 3.49. The van der Waals surface area contributed by atoms with Crippen LogP contribution in [0, 0.1) is 5.82 Å². The second kappa shape index (κ2) is 6.89. The van der Waals surface area contributed by atoms with E-state index in [4.69, 9.17) is 12.2 Å². The van der Waals surface area contributed by atoms with Crippen LogP contribution >= 0.6 is 24.0 Å². The molecule has 0 unspecified atom stereocenters. The van der Waals surface area contributed by atoms with Crippen LogP contribution < -0.4 is 5.32 Å². The molecule has 1 saturated heterocycles. The Morgan fingerprint density at radius 3 is 2.91 bits per heavy atom. The van der Waals surface area contributed by atoms with Gasteiger partial charge in [0.2, 0.25) is 0 Å². The highest BCUT2D eigenvalue weighted by molar-refractivity contribution is 8.26. The first-order valence-corrected chi connectivity index (χ1v) is 8.02. The standard InChI is InChI=1S/C16H12FN3OS2/c17-12-5-3-4-11(8-12)9-13-15(21)20(16(22)23-13)10-19-14-6-1-2-7-18-14/h1-9H,10H2,(H,18,19)/b13-9+. The van der Waals surface area contributed by atoms with Crippen molar-refractivity contribution in [2.24, 2.45) is 0 Å². The van der Waals surface area contributed by atoms with Crippen LogP contribution in [0.5, 0.6) is 0 Å². The van der Waals surface area contributed by atoms with Gasteiger partial charge in [-0.3, -0.25) is 9.69 Å². The normalized spacial score (nSPS) is 16.2. The van der Waals surface area contributed by atoms with Crippen molar-refractivity contribution < 1.29 is 9.18 Å². The molecule has 3 rings (SSSR count). The highest BCUT2D eigenvalue weighted by Gasteiger charge is 2.31. The van der Waals surface area contributed by atoms with Crippen LogP contribution in [-0.4, -0.2) is 26.8 Å². The van der Waals surface area contributed by atoms with Crippen molar-refractivity contribution in [1.82, 2.24) is 9.88 Å². The van der Waals surface area contributed by atoms with Crippen LogP contribution in [0.4, 0.5) is 10.2 Å². The van der Waals surface area contributed by atoms with Gasteiger partial charge in [-0.2, -0.15) is 0 Å². The van der Waals surface area contributed by atoms with Gasteiger partial charge < -0.3 is 5.32 Å². The summed E-state index contributed by atoms with van der Waals surface area (Å²) in [6.45, 7) is 0.238. The Kier molecular flexibility index (Phi) is 4.68. The molecule has 0 saturated carbocycles. The van der Waals surface area contributed by atoms with Crippen molar-refractivity contribution in [3.8, 4) is 0 Å². The summed E-state index contributed by atoms with van der Waals surface area (Å²) in [6, 6.07) is 11.5. The number of nitrogens with one attached hydrogen (secondary N) is 1. The average Bonchev–Trinajstić information content (AvgIpc) is 2.80. The van der Waals surface area contributed by atoms with Crippen molar-refractivity contribution >= 4 is 46.1 Å². The van der Waals surface area contributed by atoms with E-state index in [0.717, 1.165) is 0 Å². The van der Waals surface area contributed by atoms with Crippen molar-refractivity contribution in [3.63, 3.8) is 0 Å². The molecule has 1 amide bonds. The van der Waals surface area contributed by atoms with Crippen molar-refractivity contribution in [1.29, 1.82) is 0 Å². The predicted molar refractivity (Wildman–Crippen MR) is 94.1 cm³/mol. The van der Waals surface area contributed by atoms with Gasteiger partial charge in [0.15, 0.2) is 0 Å². The van der Waals surface area contributed by atoms with Gasteiger partial charge in [-0.25, -0.2) is 9.37 Å². The van der Waals surface area contributed by atoms with Crippen LogP contribution in [0.1, 0.15) is 5.56 Å². The molecular formula is C16H12FN3OS2. The van der Waals surface area contributed by atoms with Crippen molar-refractivity contribution in [2.75, 3.05) is 12.0 Å². The largest absolute Gasteiger partial charge is 0.352 e. The first-order chi connectivity index (χ1) is 11.1. The summed E-state index contributed by atoms with van der Waals surface area (Å²) in [4.78, 5) is 18.5. The molecular weight excluding hydrogens is 333 g/mol. The first-order valence-electron chi connectivity index (χ1n) is 6.79. The maximum atomic E-state index is 13.2. The number of aromatic nitrogens is 1. The summed E-state index contributed by atoms with van der Waals surface area (Å²) in [6.07, 6.45) is 3.31. The third-order valence-corrected chi connectivity index (χ3v) is 4.48. The Balaban J connectivity index is 1.72. The second-order valence-electron chi connectivity index (χ2n) is 4.71. The minimum Gasteiger partial charge on any atom is -0.352 e. The Morgan fingerprint density at radius 1 is 1.30 bits per heavy atom. The number of thioether (sulfide) groups is 1. The molecule has 0 spiro atoms. The molecule has 0 atom stereocenters. The number of halogens is 1. The maximum Gasteiger partial charge on any atom is 0.267 e. The molecule has 0 bridgehead atoms. The summed E-state index contributed by atoms with van der Waals surface area (Å²) in [5.74, 6) is 0.120. The zero-order chi connectivity index (χ0) is 16.2. The lowest BCUT2D eigenvalue weighted by Crippen LogP contribution is -2.33. The number of hydrogen-bond acceptors (Lipinski definition) is 5. The highest BCUT2D eigenvalue weighted by Crippen LogP contribution is 2.32. The molecule has 1 aromatic heterocycles. The molecule has 1 aliphatic rings. The number of nitrogens with zero attached hydrogens (tertiary/aromatic N) is 2. The SMILES string of the molecule is O=C1/C(=C\c2cccc(F)c2)SC(=S)N1CNc1ccccn1. The number of thiocarbonyl (C=S) groups is 1. The maximum absolute atomic E-state index is 13.2. The Labute approximate surface area is 142 Å². The van der Waals surface area contributed by atoms with Crippen LogP contribution in [0.15, 0.2) is 53.6 Å². The van der Waals surface area contributed by atoms with Gasteiger partial charge in [-0.1, -0.05) is 42.2 Å². The summed E-state index contributed by atoms with van der Waals surface area (Å²) >= 11 is 6.45. The monoisotopic (exact) mass is 345 g/mol. The number of amides is 1. The number of anilines is 1. The van der Waals surface area contributed by atoms with E-state index in [2.05, 4.69) is 10.3 Å². The molecule has 2 heterocycles. The lowest BCUT2D eigenvalue weighted by Gasteiger charge is -2.15. The van der Waals surface area contributed by atoms with Crippen molar-refractivity contribution in [2.45, 2.75) is 0 Å². The number of hydrogen-bond donors (Lipinski definition) is 1. The smallest absolute Gasteiger partial charge is 0.267 e. The minimum absolute atomic E-state index is 0.201. The molecule has 116 valence electrons. The van der Waals surface area contributed by atoms with Gasteiger partial charge in [-0.15, -0.1) is 0 Å². The third-order valence-electron chi connectivity index (χ3n) is 3.10. The van der Waals surface area contributed by atoms with E-state index in [1.54, 1.807) is 30.5 Å². The van der Waals surface area contributed by atoms with Crippen LogP contribution in [0.3, 0.4) is 0 Å². The van der Waals surface area contributed by atoms with Crippen LogP contribution in [0.25, 0.3) is 6.08 Å². The zero-order valence-electron chi connectivity index (χ0n) is 11.9. The lowest BCUT2D eigenvalue weighted by molar-refractivity contribution is -0.121. The summed E-state index contributed by atoms with van der Waals surface area (Å²) in [5.41, 5.74) is 0.628. The van der Waals surface area contributed by atoms with E-state index in [0.29, 0.717) is 20.6 Å².